The van der Waals surface area contributed by atoms with E-state index in [2.05, 4.69) is 11.8 Å². The number of ether oxygens (including phenoxy) is 1. The van der Waals surface area contributed by atoms with Gasteiger partial charge in [-0.2, -0.15) is 0 Å². The van der Waals surface area contributed by atoms with Gasteiger partial charge >= 0.3 is 5.97 Å². The molecule has 0 aromatic heterocycles. The first-order chi connectivity index (χ1) is 8.15. The van der Waals surface area contributed by atoms with E-state index in [9.17, 15) is 9.90 Å². The predicted molar refractivity (Wildman–Crippen MR) is 64.9 cm³/mol. The fourth-order valence-electron chi connectivity index (χ4n) is 2.67. The van der Waals surface area contributed by atoms with Gasteiger partial charge in [0.1, 0.15) is 6.04 Å². The summed E-state index contributed by atoms with van der Waals surface area (Å²) in [6.07, 6.45) is 4.64. The minimum Gasteiger partial charge on any atom is -0.480 e. The quantitative estimate of drug-likeness (QED) is 0.701. The second-order valence-corrected chi connectivity index (χ2v) is 5.43. The second-order valence-electron chi connectivity index (χ2n) is 5.43. The van der Waals surface area contributed by atoms with Gasteiger partial charge in [0.05, 0.1) is 6.61 Å². The average molecular weight is 241 g/mol. The molecule has 4 heteroatoms. The highest BCUT2D eigenvalue weighted by atomic mass is 16.5. The van der Waals surface area contributed by atoms with Crippen LogP contribution in [0.25, 0.3) is 0 Å². The van der Waals surface area contributed by atoms with E-state index >= 15 is 0 Å². The van der Waals surface area contributed by atoms with Crippen molar-refractivity contribution in [2.75, 3.05) is 20.3 Å². The van der Waals surface area contributed by atoms with E-state index in [0.29, 0.717) is 24.5 Å². The minimum absolute atomic E-state index is 0.291. The van der Waals surface area contributed by atoms with Crippen LogP contribution in [0.3, 0.4) is 0 Å². The van der Waals surface area contributed by atoms with Crippen molar-refractivity contribution in [2.24, 2.45) is 11.8 Å². The third-order valence-corrected chi connectivity index (χ3v) is 4.06. The highest BCUT2D eigenvalue weighted by molar-refractivity contribution is 5.74. The Balaban J connectivity index is 2.02. The van der Waals surface area contributed by atoms with Gasteiger partial charge in [-0.25, -0.2) is 0 Å². The summed E-state index contributed by atoms with van der Waals surface area (Å²) in [5, 5.41) is 9.42. The predicted octanol–water partition coefficient (Wildman–Crippen LogP) is 1.60. The number of rotatable bonds is 8. The smallest absolute Gasteiger partial charge is 0.321 e. The van der Waals surface area contributed by atoms with E-state index < -0.39 is 5.97 Å². The lowest BCUT2D eigenvalue weighted by molar-refractivity contribution is -0.145. The molecule has 0 aromatic rings. The van der Waals surface area contributed by atoms with Crippen molar-refractivity contribution in [1.82, 2.24) is 4.90 Å². The summed E-state index contributed by atoms with van der Waals surface area (Å²) < 4.78 is 5.12. The first-order valence-corrected chi connectivity index (χ1v) is 6.62. The molecule has 1 N–H and O–H groups in total. The fraction of sp³-hybridized carbons (Fsp3) is 0.923. The van der Waals surface area contributed by atoms with E-state index in [1.807, 2.05) is 0 Å². The molecule has 17 heavy (non-hydrogen) atoms. The van der Waals surface area contributed by atoms with Crippen molar-refractivity contribution in [2.45, 2.75) is 44.7 Å². The maximum atomic E-state index is 11.5. The zero-order chi connectivity index (χ0) is 12.4. The molecular weight excluding hydrogens is 218 g/mol. The van der Waals surface area contributed by atoms with Crippen LogP contribution < -0.4 is 0 Å². The molecule has 2 atom stereocenters. The van der Waals surface area contributed by atoms with Crippen molar-refractivity contribution in [3.63, 3.8) is 0 Å². The Bertz CT molecular complexity index is 274. The number of nitrogens with zero attached hydrogens (tertiary/aromatic N) is 1. The maximum absolute atomic E-state index is 11.5. The maximum Gasteiger partial charge on any atom is 0.321 e. The van der Waals surface area contributed by atoms with Crippen LogP contribution in [0, 0.1) is 11.8 Å². The summed E-state index contributed by atoms with van der Waals surface area (Å²) >= 11 is 0. The van der Waals surface area contributed by atoms with E-state index in [1.165, 1.54) is 12.8 Å². The highest BCUT2D eigenvalue weighted by Crippen LogP contribution is 2.41. The van der Waals surface area contributed by atoms with Crippen LogP contribution in [0.2, 0.25) is 0 Å². The molecule has 2 aliphatic carbocycles. The summed E-state index contributed by atoms with van der Waals surface area (Å²) in [5.74, 6) is 0.411. The number of methoxy groups -OCH3 is 1. The van der Waals surface area contributed by atoms with Crippen molar-refractivity contribution in [3.8, 4) is 0 Å². The van der Waals surface area contributed by atoms with Gasteiger partial charge < -0.3 is 9.84 Å². The first kappa shape index (κ1) is 12.8. The van der Waals surface area contributed by atoms with Gasteiger partial charge in [0.15, 0.2) is 0 Å². The van der Waals surface area contributed by atoms with Gasteiger partial charge in [-0.1, -0.05) is 0 Å². The molecule has 0 spiro atoms. The molecule has 2 fully saturated rings. The van der Waals surface area contributed by atoms with Crippen LogP contribution in [0.5, 0.6) is 0 Å². The molecule has 4 nitrogen and oxygen atoms in total. The number of carboxylic acid groups (broad SMARTS) is 1. The lowest BCUT2D eigenvalue weighted by Crippen LogP contribution is -2.49. The van der Waals surface area contributed by atoms with Crippen LogP contribution in [0.1, 0.15) is 32.6 Å². The summed E-state index contributed by atoms with van der Waals surface area (Å²) in [6, 6.07) is 0.0904. The van der Waals surface area contributed by atoms with Gasteiger partial charge in [-0.3, -0.25) is 9.69 Å². The Hall–Kier alpha value is -0.610. The van der Waals surface area contributed by atoms with E-state index in [1.54, 1.807) is 7.11 Å². The molecule has 0 aliphatic heterocycles. The van der Waals surface area contributed by atoms with Crippen molar-refractivity contribution in [1.29, 1.82) is 0 Å². The Kier molecular flexibility index (Phi) is 4.05. The lowest BCUT2D eigenvalue weighted by atomic mass is 10.1. The van der Waals surface area contributed by atoms with E-state index in [-0.39, 0.29) is 6.04 Å². The number of carbonyl (C=O) groups is 1. The SMILES string of the molecule is COCCN(C(C)C1CC1)C(C(=O)O)C1CC1. The summed E-state index contributed by atoms with van der Waals surface area (Å²) in [6.45, 7) is 3.53. The van der Waals surface area contributed by atoms with Crippen LogP contribution in [0.15, 0.2) is 0 Å². The van der Waals surface area contributed by atoms with Crippen LogP contribution >= 0.6 is 0 Å². The highest BCUT2D eigenvalue weighted by Gasteiger charge is 2.44. The summed E-state index contributed by atoms with van der Waals surface area (Å²) in [5.41, 5.74) is 0. The topological polar surface area (TPSA) is 49.8 Å². The fourth-order valence-corrected chi connectivity index (χ4v) is 2.67. The molecule has 2 saturated carbocycles. The summed E-state index contributed by atoms with van der Waals surface area (Å²) in [4.78, 5) is 13.6. The largest absolute Gasteiger partial charge is 0.480 e. The zero-order valence-corrected chi connectivity index (χ0v) is 10.8. The Morgan fingerprint density at radius 3 is 2.35 bits per heavy atom. The number of hydrogen-bond donors (Lipinski definition) is 1. The first-order valence-electron chi connectivity index (χ1n) is 6.62. The standard InChI is InChI=1S/C13H23NO3/c1-9(10-3-4-10)14(7-8-17-2)12(13(15)16)11-5-6-11/h9-12H,3-8H2,1-2H3,(H,15,16). The van der Waals surface area contributed by atoms with Crippen LogP contribution in [0.4, 0.5) is 0 Å². The molecule has 0 amide bonds. The lowest BCUT2D eigenvalue weighted by Gasteiger charge is -2.34. The third kappa shape index (κ3) is 3.19. The molecule has 0 aromatic carbocycles. The normalized spacial score (nSPS) is 23.7. The number of aliphatic carboxylic acids is 1. The Labute approximate surface area is 103 Å². The molecule has 2 aliphatic rings. The minimum atomic E-state index is -0.656. The molecule has 2 rings (SSSR count). The molecule has 0 radical (unpaired) electrons. The molecule has 0 saturated heterocycles. The van der Waals surface area contributed by atoms with Crippen molar-refractivity contribution >= 4 is 5.97 Å². The van der Waals surface area contributed by atoms with E-state index in [0.717, 1.165) is 19.4 Å². The van der Waals surface area contributed by atoms with Crippen molar-refractivity contribution in [3.05, 3.63) is 0 Å². The molecule has 2 unspecified atom stereocenters. The second kappa shape index (κ2) is 5.36. The average Bonchev–Trinajstić information content (AvgIpc) is 3.15. The van der Waals surface area contributed by atoms with Crippen LogP contribution in [-0.2, 0) is 9.53 Å². The number of hydrogen-bond acceptors (Lipinski definition) is 3. The van der Waals surface area contributed by atoms with Gasteiger partial charge in [0, 0.05) is 19.7 Å². The Morgan fingerprint density at radius 2 is 1.94 bits per heavy atom. The number of carboxylic acids is 1. The van der Waals surface area contributed by atoms with E-state index in [4.69, 9.17) is 4.74 Å². The molecule has 0 heterocycles. The molecule has 0 bridgehead atoms. The third-order valence-electron chi connectivity index (χ3n) is 4.06. The van der Waals surface area contributed by atoms with Crippen LogP contribution in [-0.4, -0.2) is 48.3 Å². The monoisotopic (exact) mass is 241 g/mol. The Morgan fingerprint density at radius 1 is 1.35 bits per heavy atom. The molecule has 98 valence electrons. The van der Waals surface area contributed by atoms with Gasteiger partial charge in [0.25, 0.3) is 0 Å². The zero-order valence-electron chi connectivity index (χ0n) is 10.8. The van der Waals surface area contributed by atoms with Gasteiger partial charge in [0.2, 0.25) is 0 Å². The van der Waals surface area contributed by atoms with Gasteiger partial charge in [-0.15, -0.1) is 0 Å². The summed E-state index contributed by atoms with van der Waals surface area (Å²) in [7, 11) is 1.67. The van der Waals surface area contributed by atoms with Gasteiger partial charge in [-0.05, 0) is 44.4 Å². The molecular formula is C13H23NO3. The van der Waals surface area contributed by atoms with Crippen molar-refractivity contribution < 1.29 is 14.6 Å².